The topological polar surface area (TPSA) is 240 Å². The lowest BCUT2D eigenvalue weighted by molar-refractivity contribution is -0.144. The number of carboxylic acid groups (broad SMARTS) is 3. The van der Waals surface area contributed by atoms with Crippen molar-refractivity contribution in [3.05, 3.63) is 0 Å². The summed E-state index contributed by atoms with van der Waals surface area (Å²) in [4.78, 5) is 85.8. The van der Waals surface area contributed by atoms with E-state index >= 15 is 0 Å². The number of carboxylic acids is 3. The summed E-state index contributed by atoms with van der Waals surface area (Å²) in [6.07, 6.45) is 0.185. The Labute approximate surface area is 238 Å². The Balaban J connectivity index is 3.09. The summed E-state index contributed by atoms with van der Waals surface area (Å²) in [6, 6.07) is -5.93. The summed E-state index contributed by atoms with van der Waals surface area (Å²) in [5.74, 6) is -7.66. The number of carbonyl (C=O) groups is 7. The van der Waals surface area contributed by atoms with Gasteiger partial charge < -0.3 is 41.9 Å². The van der Waals surface area contributed by atoms with Gasteiger partial charge in [-0.15, -0.1) is 0 Å². The Hall–Kier alpha value is -3.75. The molecule has 15 nitrogen and oxygen atoms in total. The van der Waals surface area contributed by atoms with Crippen molar-refractivity contribution >= 4 is 41.5 Å². The summed E-state index contributed by atoms with van der Waals surface area (Å²) >= 11 is 0. The van der Waals surface area contributed by atoms with Gasteiger partial charge in [0.25, 0.3) is 0 Å². The third-order valence-corrected chi connectivity index (χ3v) is 6.78. The molecule has 0 aromatic heterocycles. The Bertz CT molecular complexity index is 966. The smallest absolute Gasteiger partial charge is 0.326 e. The van der Waals surface area contributed by atoms with Gasteiger partial charge in [-0.1, -0.05) is 34.1 Å². The van der Waals surface area contributed by atoms with E-state index in [0.29, 0.717) is 19.4 Å². The van der Waals surface area contributed by atoms with Gasteiger partial charge >= 0.3 is 17.9 Å². The Morgan fingerprint density at radius 2 is 1.39 bits per heavy atom. The molecule has 0 saturated carbocycles. The molecular formula is C26H43N5O10. The van der Waals surface area contributed by atoms with Gasteiger partial charge in [0.15, 0.2) is 0 Å². The third kappa shape index (κ3) is 12.5. The van der Waals surface area contributed by atoms with Crippen LogP contribution in [0, 0.1) is 11.8 Å². The second-order valence-corrected chi connectivity index (χ2v) is 10.7. The van der Waals surface area contributed by atoms with Gasteiger partial charge in [-0.05, 0) is 44.1 Å². The van der Waals surface area contributed by atoms with Gasteiger partial charge in [-0.2, -0.15) is 0 Å². The van der Waals surface area contributed by atoms with Crippen molar-refractivity contribution in [2.75, 3.05) is 6.54 Å². The van der Waals surface area contributed by atoms with Gasteiger partial charge in [0.1, 0.15) is 24.2 Å². The van der Waals surface area contributed by atoms with E-state index in [1.54, 1.807) is 20.8 Å². The van der Waals surface area contributed by atoms with E-state index in [9.17, 15) is 43.8 Å². The maximum absolute atomic E-state index is 13.3. The summed E-state index contributed by atoms with van der Waals surface area (Å²) in [7, 11) is 0. The number of hydrogen-bond donors (Lipinski definition) is 8. The molecular weight excluding hydrogens is 542 g/mol. The van der Waals surface area contributed by atoms with Gasteiger partial charge in [-0.25, -0.2) is 4.79 Å². The molecule has 0 unspecified atom stereocenters. The number of carbonyl (C=O) groups excluding carboxylic acids is 4. The van der Waals surface area contributed by atoms with Crippen LogP contribution in [0.25, 0.3) is 0 Å². The molecule has 41 heavy (non-hydrogen) atoms. The number of nitrogens with one attached hydrogen (secondary N) is 5. The molecule has 232 valence electrons. The highest BCUT2D eigenvalue weighted by Gasteiger charge is 2.35. The van der Waals surface area contributed by atoms with Crippen LogP contribution in [0.15, 0.2) is 0 Å². The SMILES string of the molecule is CC[C@H](C)[C@H](NC(=O)[C@@H]1CCCN1)C(=O)N[C@@H](CC(C)C)C(=O)N[C@@H](CC(=O)O)C(=O)N[C@@H](CCC(=O)O)C(=O)O. The van der Waals surface area contributed by atoms with Gasteiger partial charge in [0.05, 0.1) is 12.5 Å². The average Bonchev–Trinajstić information content (AvgIpc) is 3.42. The van der Waals surface area contributed by atoms with Crippen LogP contribution >= 0.6 is 0 Å². The average molecular weight is 586 g/mol. The zero-order valence-electron chi connectivity index (χ0n) is 23.9. The zero-order chi connectivity index (χ0) is 31.3. The molecule has 0 aromatic carbocycles. The highest BCUT2D eigenvalue weighted by atomic mass is 16.4. The van der Waals surface area contributed by atoms with Gasteiger partial charge in [0.2, 0.25) is 23.6 Å². The molecule has 1 rings (SSSR count). The van der Waals surface area contributed by atoms with E-state index in [2.05, 4.69) is 26.6 Å². The zero-order valence-corrected chi connectivity index (χ0v) is 23.9. The van der Waals surface area contributed by atoms with Crippen LogP contribution < -0.4 is 26.6 Å². The van der Waals surface area contributed by atoms with Gasteiger partial charge in [-0.3, -0.25) is 28.8 Å². The molecule has 1 saturated heterocycles. The van der Waals surface area contributed by atoms with Crippen molar-refractivity contribution in [2.24, 2.45) is 11.8 Å². The maximum Gasteiger partial charge on any atom is 0.326 e. The second kappa shape index (κ2) is 17.1. The highest BCUT2D eigenvalue weighted by molar-refractivity contribution is 5.96. The second-order valence-electron chi connectivity index (χ2n) is 10.7. The quantitative estimate of drug-likeness (QED) is 0.0989. The van der Waals surface area contributed by atoms with Crippen LogP contribution in [0.1, 0.15) is 72.6 Å². The highest BCUT2D eigenvalue weighted by Crippen LogP contribution is 2.13. The van der Waals surface area contributed by atoms with Crippen molar-refractivity contribution in [3.8, 4) is 0 Å². The number of rotatable bonds is 18. The Morgan fingerprint density at radius 3 is 1.88 bits per heavy atom. The lowest BCUT2D eigenvalue weighted by atomic mass is 9.96. The van der Waals surface area contributed by atoms with E-state index in [1.807, 2.05) is 6.92 Å². The van der Waals surface area contributed by atoms with Crippen molar-refractivity contribution in [3.63, 3.8) is 0 Å². The standard InChI is InChI=1S/C26H43N5O10/c1-5-14(4)21(31-22(36)15-7-6-10-27-15)25(39)30-17(11-13(2)3)23(37)29-18(12-20(34)35)24(38)28-16(26(40)41)8-9-19(32)33/h13-18,21,27H,5-12H2,1-4H3,(H,28,38)(H,29,37)(H,30,39)(H,31,36)(H,32,33)(H,34,35)(H,40,41)/t14-,15-,16-,17-,18-,21-/m0/s1. The Kier molecular flexibility index (Phi) is 14.8. The summed E-state index contributed by atoms with van der Waals surface area (Å²) in [6.45, 7) is 7.88. The first kappa shape index (κ1) is 35.3. The van der Waals surface area contributed by atoms with E-state index in [-0.39, 0.29) is 24.2 Å². The molecule has 0 radical (unpaired) electrons. The molecule has 6 atom stereocenters. The van der Waals surface area contributed by atoms with Crippen molar-refractivity contribution in [2.45, 2.75) is 103 Å². The minimum atomic E-state index is -1.71. The third-order valence-electron chi connectivity index (χ3n) is 6.78. The van der Waals surface area contributed by atoms with Crippen molar-refractivity contribution in [1.82, 2.24) is 26.6 Å². The van der Waals surface area contributed by atoms with E-state index < -0.39 is 85.1 Å². The predicted molar refractivity (Wildman–Crippen MR) is 144 cm³/mol. The number of amides is 4. The molecule has 1 heterocycles. The van der Waals surface area contributed by atoms with Crippen LogP contribution in [-0.2, 0) is 33.6 Å². The van der Waals surface area contributed by atoms with Crippen LogP contribution in [0.2, 0.25) is 0 Å². The summed E-state index contributed by atoms with van der Waals surface area (Å²) in [5, 5.41) is 40.2. The van der Waals surface area contributed by atoms with E-state index in [4.69, 9.17) is 5.11 Å². The summed E-state index contributed by atoms with van der Waals surface area (Å²) in [5.41, 5.74) is 0. The molecule has 1 fully saturated rings. The molecule has 8 N–H and O–H groups in total. The molecule has 1 aliphatic heterocycles. The monoisotopic (exact) mass is 585 g/mol. The number of aliphatic carboxylic acids is 3. The van der Waals surface area contributed by atoms with Crippen LogP contribution in [0.3, 0.4) is 0 Å². The molecule has 15 heteroatoms. The molecule has 1 aliphatic rings. The fraction of sp³-hybridized carbons (Fsp3) is 0.731. The normalized spacial score (nSPS) is 18.3. The lowest BCUT2D eigenvalue weighted by Crippen LogP contribution is -2.60. The first-order valence-corrected chi connectivity index (χ1v) is 13.8. The predicted octanol–water partition coefficient (Wildman–Crippen LogP) is -0.806. The molecule has 0 aliphatic carbocycles. The van der Waals surface area contributed by atoms with E-state index in [1.165, 1.54) is 0 Å². The fourth-order valence-corrected chi connectivity index (χ4v) is 4.28. The van der Waals surface area contributed by atoms with Crippen LogP contribution in [0.5, 0.6) is 0 Å². The fourth-order valence-electron chi connectivity index (χ4n) is 4.28. The van der Waals surface area contributed by atoms with Crippen LogP contribution in [0.4, 0.5) is 0 Å². The molecule has 4 amide bonds. The number of hydrogen-bond acceptors (Lipinski definition) is 8. The van der Waals surface area contributed by atoms with Crippen molar-refractivity contribution < 1.29 is 48.9 Å². The largest absolute Gasteiger partial charge is 0.481 e. The maximum atomic E-state index is 13.3. The first-order chi connectivity index (χ1) is 19.2. The summed E-state index contributed by atoms with van der Waals surface area (Å²) < 4.78 is 0. The van der Waals surface area contributed by atoms with E-state index in [0.717, 1.165) is 6.42 Å². The van der Waals surface area contributed by atoms with Crippen molar-refractivity contribution in [1.29, 1.82) is 0 Å². The van der Waals surface area contributed by atoms with Gasteiger partial charge in [0, 0.05) is 6.42 Å². The van der Waals surface area contributed by atoms with Crippen LogP contribution in [-0.4, -0.2) is 93.6 Å². The first-order valence-electron chi connectivity index (χ1n) is 13.8. The minimum Gasteiger partial charge on any atom is -0.481 e. The lowest BCUT2D eigenvalue weighted by Gasteiger charge is -2.29. The minimum absolute atomic E-state index is 0.112. The molecule has 0 aromatic rings. The Morgan fingerprint density at radius 1 is 0.805 bits per heavy atom. The molecule has 0 spiro atoms. The molecule has 0 bridgehead atoms.